The summed E-state index contributed by atoms with van der Waals surface area (Å²) >= 11 is 1.48. The number of rotatable bonds is 13. The predicted molar refractivity (Wildman–Crippen MR) is 153 cm³/mol. The maximum absolute atomic E-state index is 14.9. The zero-order valence-electron chi connectivity index (χ0n) is 24.2. The maximum atomic E-state index is 14.9. The number of aliphatic hydroxyl groups excluding tert-OH is 2. The number of amides is 2. The molecule has 5 rings (SSSR count). The number of phenols is 1. The number of anilines is 1. The van der Waals surface area contributed by atoms with Gasteiger partial charge in [0.05, 0.1) is 13.2 Å². The van der Waals surface area contributed by atoms with Crippen LogP contribution in [0.25, 0.3) is 33.4 Å². The summed E-state index contributed by atoms with van der Waals surface area (Å²) < 4.78 is 47.1. The van der Waals surface area contributed by atoms with E-state index in [1.807, 2.05) is 0 Å². The van der Waals surface area contributed by atoms with Gasteiger partial charge in [-0.3, -0.25) is 9.59 Å². The first-order valence-corrected chi connectivity index (χ1v) is 15.1. The molecule has 242 valence electrons. The van der Waals surface area contributed by atoms with Crippen molar-refractivity contribution in [1.29, 1.82) is 0 Å². The number of hydrogen-bond acceptors (Lipinski definition) is 11. The molecule has 0 unspecified atom stereocenters. The number of benzene rings is 3. The summed E-state index contributed by atoms with van der Waals surface area (Å²) in [5.41, 5.74) is 1.53. The Morgan fingerprint density at radius 3 is 2.46 bits per heavy atom. The number of ether oxygens (including phenoxy) is 2. The number of hydrogen-bond donors (Lipinski definition) is 3. The molecular formula is C31H28F2MoN2O10. The average Bonchev–Trinajstić information content (AvgIpc) is 3.33. The van der Waals surface area contributed by atoms with Gasteiger partial charge in [-0.2, -0.15) is 0 Å². The number of imide groups is 1. The molecule has 0 atom stereocenters. The van der Waals surface area contributed by atoms with Gasteiger partial charge in [0, 0.05) is 12.8 Å². The zero-order valence-corrected chi connectivity index (χ0v) is 26.2. The monoisotopic (exact) mass is 724 g/mol. The smallest absolute Gasteiger partial charge is 0.394 e. The van der Waals surface area contributed by atoms with Crippen LogP contribution in [0.5, 0.6) is 11.5 Å². The quantitative estimate of drug-likeness (QED) is 0.0806. The van der Waals surface area contributed by atoms with Crippen molar-refractivity contribution in [3.8, 4) is 33.9 Å². The van der Waals surface area contributed by atoms with Crippen molar-refractivity contribution in [3.63, 3.8) is 0 Å². The van der Waals surface area contributed by atoms with Crippen LogP contribution in [0.3, 0.4) is 0 Å². The third-order valence-electron chi connectivity index (χ3n) is 7.04. The molecule has 12 nitrogen and oxygen atoms in total. The average molecular weight is 723 g/mol. The van der Waals surface area contributed by atoms with Crippen molar-refractivity contribution in [2.45, 2.75) is 12.8 Å². The van der Waals surface area contributed by atoms with Gasteiger partial charge in [-0.15, -0.1) is 5.06 Å². The van der Waals surface area contributed by atoms with Crippen LogP contribution in [0.1, 0.15) is 12.8 Å². The molecule has 2 amide bonds. The Bertz CT molecular complexity index is 1820. The minimum Gasteiger partial charge on any atom is -0.394 e. The third kappa shape index (κ3) is 7.10. The second-order valence-corrected chi connectivity index (χ2v) is 11.2. The summed E-state index contributed by atoms with van der Waals surface area (Å²) in [6.45, 7) is -1.02. The molecule has 1 aliphatic carbocycles. The van der Waals surface area contributed by atoms with E-state index in [4.69, 9.17) is 23.8 Å². The molecule has 46 heavy (non-hydrogen) atoms. The molecule has 3 N–H and O–H groups in total. The van der Waals surface area contributed by atoms with Gasteiger partial charge in [-0.1, -0.05) is 0 Å². The van der Waals surface area contributed by atoms with E-state index >= 15 is 0 Å². The first-order chi connectivity index (χ1) is 22.1. The molecule has 15 heteroatoms. The molecule has 2 aromatic carbocycles. The summed E-state index contributed by atoms with van der Waals surface area (Å²) in [5, 5.41) is 29.5. The topological polar surface area (TPSA) is 159 Å². The molecule has 2 heterocycles. The van der Waals surface area contributed by atoms with Gasteiger partial charge in [0.15, 0.2) is 0 Å². The molecule has 1 fully saturated rings. The van der Waals surface area contributed by atoms with Crippen molar-refractivity contribution in [2.24, 2.45) is 0 Å². The number of aromatic hydroxyl groups is 1. The van der Waals surface area contributed by atoms with Crippen molar-refractivity contribution >= 4 is 34.4 Å². The van der Waals surface area contributed by atoms with Gasteiger partial charge >= 0.3 is 199 Å². The third-order valence-corrected chi connectivity index (χ3v) is 7.81. The number of aliphatic hydroxyl groups is 2. The summed E-state index contributed by atoms with van der Waals surface area (Å²) in [5.74, 6) is -3.86. The fourth-order valence-corrected chi connectivity index (χ4v) is 5.39. The van der Waals surface area contributed by atoms with Gasteiger partial charge in [0.1, 0.15) is 0 Å². The second-order valence-electron chi connectivity index (χ2n) is 10.1. The van der Waals surface area contributed by atoms with E-state index < -0.39 is 48.3 Å². The normalized spacial score (nSPS) is 13.2. The van der Waals surface area contributed by atoms with Crippen molar-refractivity contribution in [1.82, 2.24) is 5.06 Å². The first kappa shape index (κ1) is 33.1. The summed E-state index contributed by atoms with van der Waals surface area (Å²) in [6.07, 6.45) is -0.152. The molecule has 0 aromatic heterocycles. The summed E-state index contributed by atoms with van der Waals surface area (Å²) in [7, 11) is 0. The van der Waals surface area contributed by atoms with Crippen LogP contribution in [0, 0.1) is 15.2 Å². The van der Waals surface area contributed by atoms with Crippen LogP contribution in [0.4, 0.5) is 14.5 Å². The molecule has 0 spiro atoms. The second kappa shape index (κ2) is 14.5. The Morgan fingerprint density at radius 2 is 1.74 bits per heavy atom. The van der Waals surface area contributed by atoms with Gasteiger partial charge in [-0.05, 0) is 0 Å². The zero-order chi connectivity index (χ0) is 33.0. The van der Waals surface area contributed by atoms with E-state index in [1.54, 1.807) is 18.2 Å². The Kier molecular flexibility index (Phi) is 10.4. The van der Waals surface area contributed by atoms with E-state index in [0.717, 1.165) is 12.1 Å². The van der Waals surface area contributed by atoms with Crippen LogP contribution in [-0.2, 0) is 43.3 Å². The van der Waals surface area contributed by atoms with Gasteiger partial charge in [-0.25, -0.2) is 4.79 Å². The number of hydroxylamine groups is 2. The van der Waals surface area contributed by atoms with Gasteiger partial charge in [0.25, 0.3) is 11.8 Å². The predicted octanol–water partition coefficient (Wildman–Crippen LogP) is 3.06. The Labute approximate surface area is 271 Å². The summed E-state index contributed by atoms with van der Waals surface area (Å²) in [4.78, 5) is 43.1. The van der Waals surface area contributed by atoms with Crippen LogP contribution < -0.4 is 9.64 Å². The van der Waals surface area contributed by atoms with Crippen molar-refractivity contribution in [2.75, 3.05) is 51.0 Å². The van der Waals surface area contributed by atoms with Crippen molar-refractivity contribution in [3.05, 3.63) is 57.6 Å². The molecule has 1 saturated heterocycles. The van der Waals surface area contributed by atoms with E-state index in [2.05, 4.69) is 0 Å². The van der Waals surface area contributed by atoms with E-state index in [0.29, 0.717) is 31.0 Å². The fraction of sp³-hybridized carbons (Fsp3) is 0.290. The van der Waals surface area contributed by atoms with Crippen LogP contribution in [0.15, 0.2) is 46.9 Å². The molecule has 2 aliphatic heterocycles. The molecule has 0 radical (unpaired) electrons. The Balaban J connectivity index is 1.60. The minimum atomic E-state index is -0.943. The molecule has 3 aliphatic rings. The standard InChI is InChI=1S/C31H28F2N2O10.Mo/c32-19-2-4-25-20(14-19)31(21-15-22(33)24(38)16-26(21)44-25)18-1-3-23(27(13-18)43-12-11-42-10-9-37)34(7-8-36)17-30(41)45-35-28(39)5-6-29(35)40;/h1,3-4,13-16,36-38H,5-12,17H2;. The minimum absolute atomic E-state index is 0.00702. The van der Waals surface area contributed by atoms with E-state index in [9.17, 15) is 33.4 Å². The number of nitrogens with zero attached hydrogens (tertiary/aromatic N) is 2. The Morgan fingerprint density at radius 1 is 0.978 bits per heavy atom. The Hall–Kier alpha value is -4.23. The fourth-order valence-electron chi connectivity index (χ4n) is 4.99. The van der Waals surface area contributed by atoms with E-state index in [-0.39, 0.29) is 68.3 Å². The first-order valence-electron chi connectivity index (χ1n) is 14.1. The number of phenolic OH excluding ortho intramolecular Hbond substituents is 1. The van der Waals surface area contributed by atoms with Crippen LogP contribution in [-0.4, -0.2) is 84.3 Å². The molecule has 0 saturated carbocycles. The van der Waals surface area contributed by atoms with E-state index in [1.165, 1.54) is 36.4 Å². The van der Waals surface area contributed by atoms with Crippen LogP contribution >= 0.6 is 0 Å². The summed E-state index contributed by atoms with van der Waals surface area (Å²) in [6, 6.07) is 9.72. The number of halogens is 2. The number of fused-ring (bicyclic) bond motifs is 2. The molecule has 2 aromatic rings. The number of carbonyl (C=O) groups is 3. The molecular weight excluding hydrogens is 694 g/mol. The number of carbonyl (C=O) groups excluding carboxylic acids is 3. The molecule has 0 bridgehead atoms. The SMILES string of the molecule is O=C(CN(CCO)c1ccc(-c2c3cc(F)[c](=[Mo])cc-3oc3cc(O)c(F)cc23)cc1OCCOCCO)ON1C(=O)CCC1=O. The van der Waals surface area contributed by atoms with Crippen LogP contribution in [0.2, 0.25) is 0 Å². The van der Waals surface area contributed by atoms with Gasteiger partial charge < -0.3 is 15.1 Å². The van der Waals surface area contributed by atoms with Gasteiger partial charge in [0.2, 0.25) is 0 Å². The van der Waals surface area contributed by atoms with Crippen molar-refractivity contribution < 1.29 is 76.6 Å².